The smallest absolute Gasteiger partial charge is 0.122 e. The summed E-state index contributed by atoms with van der Waals surface area (Å²) in [6.45, 7) is 6.30. The molecule has 1 aliphatic heterocycles. The lowest BCUT2D eigenvalue weighted by molar-refractivity contribution is 0.170. The fourth-order valence-electron chi connectivity index (χ4n) is 2.08. The Hall–Kier alpha value is -1.06. The number of aryl methyl sites for hydroxylation is 2. The molecule has 1 fully saturated rings. The van der Waals surface area contributed by atoms with Crippen LogP contribution in [0.3, 0.4) is 0 Å². The van der Waals surface area contributed by atoms with Crippen molar-refractivity contribution >= 4 is 0 Å². The highest BCUT2D eigenvalue weighted by Crippen LogP contribution is 2.21. The van der Waals surface area contributed by atoms with Crippen molar-refractivity contribution in [2.75, 3.05) is 19.8 Å². The average Bonchev–Trinajstić information content (AvgIpc) is 2.83. The fraction of sp³-hybridized carbons (Fsp3) is 0.571. The molecule has 0 spiro atoms. The molecule has 3 nitrogen and oxygen atoms in total. The number of rotatable bonds is 4. The van der Waals surface area contributed by atoms with E-state index in [1.165, 1.54) is 5.56 Å². The molecule has 2 rings (SSSR count). The molecule has 0 amide bonds. The van der Waals surface area contributed by atoms with Crippen LogP contribution < -0.4 is 10.5 Å². The van der Waals surface area contributed by atoms with E-state index in [9.17, 15) is 0 Å². The molecule has 1 heterocycles. The summed E-state index contributed by atoms with van der Waals surface area (Å²) in [5.74, 6) is 1.39. The summed E-state index contributed by atoms with van der Waals surface area (Å²) in [5, 5.41) is 0. The lowest BCUT2D eigenvalue weighted by atomic mass is 10.0. The van der Waals surface area contributed by atoms with Crippen LogP contribution >= 0.6 is 0 Å². The zero-order valence-corrected chi connectivity index (χ0v) is 10.6. The maximum atomic E-state index is 6.11. The number of benzene rings is 1. The zero-order chi connectivity index (χ0) is 12.3. The highest BCUT2D eigenvalue weighted by Gasteiger charge is 2.23. The van der Waals surface area contributed by atoms with Crippen LogP contribution in [0.15, 0.2) is 18.2 Å². The summed E-state index contributed by atoms with van der Waals surface area (Å²) in [6.07, 6.45) is 1.05. The van der Waals surface area contributed by atoms with Gasteiger partial charge in [-0.3, -0.25) is 0 Å². The maximum absolute atomic E-state index is 6.11. The van der Waals surface area contributed by atoms with Crippen LogP contribution in [-0.4, -0.2) is 25.9 Å². The molecule has 2 unspecified atom stereocenters. The third-order valence-electron chi connectivity index (χ3n) is 3.35. The van der Waals surface area contributed by atoms with E-state index in [1.807, 2.05) is 0 Å². The minimum atomic E-state index is 0.0670. The van der Waals surface area contributed by atoms with Crippen LogP contribution in [0.4, 0.5) is 0 Å². The van der Waals surface area contributed by atoms with Crippen LogP contribution in [0.1, 0.15) is 17.5 Å². The Balaban J connectivity index is 1.90. The van der Waals surface area contributed by atoms with Crippen LogP contribution in [0.5, 0.6) is 5.75 Å². The molecule has 3 heteroatoms. The van der Waals surface area contributed by atoms with E-state index in [1.54, 1.807) is 0 Å². The lowest BCUT2D eigenvalue weighted by Gasteiger charge is -2.19. The van der Waals surface area contributed by atoms with Gasteiger partial charge in [0.15, 0.2) is 0 Å². The second-order valence-electron chi connectivity index (χ2n) is 4.87. The van der Waals surface area contributed by atoms with Crippen molar-refractivity contribution in [1.29, 1.82) is 0 Å². The molecule has 1 aromatic rings. The predicted molar refractivity (Wildman–Crippen MR) is 68.3 cm³/mol. The third kappa shape index (κ3) is 3.20. The second-order valence-corrected chi connectivity index (χ2v) is 4.87. The first-order valence-electron chi connectivity index (χ1n) is 6.20. The number of hydrogen-bond acceptors (Lipinski definition) is 3. The Bertz CT molecular complexity index is 372. The average molecular weight is 235 g/mol. The Kier molecular flexibility index (Phi) is 4.02. The van der Waals surface area contributed by atoms with Gasteiger partial charge in [-0.2, -0.15) is 0 Å². The van der Waals surface area contributed by atoms with Gasteiger partial charge in [0.05, 0.1) is 6.61 Å². The minimum absolute atomic E-state index is 0.0670. The van der Waals surface area contributed by atoms with Gasteiger partial charge in [0, 0.05) is 18.6 Å². The summed E-state index contributed by atoms with van der Waals surface area (Å²) in [4.78, 5) is 0. The van der Waals surface area contributed by atoms with Gasteiger partial charge in [0.2, 0.25) is 0 Å². The summed E-state index contributed by atoms with van der Waals surface area (Å²) < 4.78 is 11.1. The molecule has 94 valence electrons. The van der Waals surface area contributed by atoms with Gasteiger partial charge < -0.3 is 15.2 Å². The number of hydrogen-bond donors (Lipinski definition) is 1. The van der Waals surface area contributed by atoms with E-state index >= 15 is 0 Å². The van der Waals surface area contributed by atoms with E-state index in [0.717, 1.165) is 30.9 Å². The monoisotopic (exact) mass is 235 g/mol. The van der Waals surface area contributed by atoms with Crippen molar-refractivity contribution in [2.45, 2.75) is 26.3 Å². The van der Waals surface area contributed by atoms with Crippen molar-refractivity contribution in [2.24, 2.45) is 11.7 Å². The van der Waals surface area contributed by atoms with Gasteiger partial charge >= 0.3 is 0 Å². The largest absolute Gasteiger partial charge is 0.492 e. The third-order valence-corrected chi connectivity index (χ3v) is 3.35. The molecule has 0 aliphatic carbocycles. The Labute approximate surface area is 103 Å². The van der Waals surface area contributed by atoms with Crippen molar-refractivity contribution in [3.63, 3.8) is 0 Å². The van der Waals surface area contributed by atoms with Crippen LogP contribution in [0.2, 0.25) is 0 Å². The molecular formula is C14H21NO2. The van der Waals surface area contributed by atoms with Crippen molar-refractivity contribution in [1.82, 2.24) is 0 Å². The fourth-order valence-corrected chi connectivity index (χ4v) is 2.08. The van der Waals surface area contributed by atoms with Gasteiger partial charge in [-0.25, -0.2) is 0 Å². The highest BCUT2D eigenvalue weighted by atomic mass is 16.5. The van der Waals surface area contributed by atoms with Gasteiger partial charge in [0.25, 0.3) is 0 Å². The molecular weight excluding hydrogens is 214 g/mol. The number of ether oxygens (including phenoxy) is 2. The molecule has 0 aromatic heterocycles. The SMILES string of the molecule is Cc1ccc(C)c(OCC(N)C2CCOC2)c1. The topological polar surface area (TPSA) is 44.5 Å². The first-order valence-corrected chi connectivity index (χ1v) is 6.20. The highest BCUT2D eigenvalue weighted by molar-refractivity contribution is 5.35. The second kappa shape index (κ2) is 5.52. The molecule has 2 atom stereocenters. The molecule has 17 heavy (non-hydrogen) atoms. The van der Waals surface area contributed by atoms with E-state index in [2.05, 4.69) is 32.0 Å². The molecule has 1 aliphatic rings. The first kappa shape index (κ1) is 12.4. The molecule has 2 N–H and O–H groups in total. The van der Waals surface area contributed by atoms with E-state index < -0.39 is 0 Å². The van der Waals surface area contributed by atoms with Gasteiger partial charge in [-0.05, 0) is 37.5 Å². The summed E-state index contributed by atoms with van der Waals surface area (Å²) >= 11 is 0. The predicted octanol–water partition coefficient (Wildman–Crippen LogP) is 2.05. The normalized spacial score (nSPS) is 21.5. The van der Waals surface area contributed by atoms with Gasteiger partial charge in [0.1, 0.15) is 12.4 Å². The molecule has 0 radical (unpaired) electrons. The zero-order valence-electron chi connectivity index (χ0n) is 10.6. The van der Waals surface area contributed by atoms with Crippen molar-refractivity contribution in [3.05, 3.63) is 29.3 Å². The summed E-state index contributed by atoms with van der Waals surface area (Å²) in [7, 11) is 0. The standard InChI is InChI=1S/C14H21NO2/c1-10-3-4-11(2)14(7-10)17-9-13(15)12-5-6-16-8-12/h3-4,7,12-13H,5-6,8-9,15H2,1-2H3. The molecule has 0 saturated carbocycles. The lowest BCUT2D eigenvalue weighted by Crippen LogP contribution is -2.36. The van der Waals surface area contributed by atoms with E-state index in [4.69, 9.17) is 15.2 Å². The van der Waals surface area contributed by atoms with Crippen LogP contribution in [-0.2, 0) is 4.74 Å². The Morgan fingerprint density at radius 1 is 1.47 bits per heavy atom. The minimum Gasteiger partial charge on any atom is -0.492 e. The Morgan fingerprint density at radius 2 is 2.29 bits per heavy atom. The van der Waals surface area contributed by atoms with E-state index in [-0.39, 0.29) is 6.04 Å². The quantitative estimate of drug-likeness (QED) is 0.868. The van der Waals surface area contributed by atoms with Crippen molar-refractivity contribution < 1.29 is 9.47 Å². The molecule has 1 aromatic carbocycles. The molecule has 0 bridgehead atoms. The van der Waals surface area contributed by atoms with Gasteiger partial charge in [-0.1, -0.05) is 12.1 Å². The summed E-state index contributed by atoms with van der Waals surface area (Å²) in [5.41, 5.74) is 8.48. The summed E-state index contributed by atoms with van der Waals surface area (Å²) in [6, 6.07) is 6.30. The first-order chi connectivity index (χ1) is 8.16. The van der Waals surface area contributed by atoms with Crippen LogP contribution in [0, 0.1) is 19.8 Å². The number of nitrogens with two attached hydrogens (primary N) is 1. The Morgan fingerprint density at radius 3 is 3.00 bits per heavy atom. The van der Waals surface area contributed by atoms with Crippen molar-refractivity contribution in [3.8, 4) is 5.75 Å². The maximum Gasteiger partial charge on any atom is 0.122 e. The van der Waals surface area contributed by atoms with Gasteiger partial charge in [-0.15, -0.1) is 0 Å². The molecule has 1 saturated heterocycles. The van der Waals surface area contributed by atoms with E-state index in [0.29, 0.717) is 12.5 Å². The van der Waals surface area contributed by atoms with Crippen LogP contribution in [0.25, 0.3) is 0 Å².